The molecule has 3 aromatic rings. The summed E-state index contributed by atoms with van der Waals surface area (Å²) in [5, 5.41) is 14.2. The number of benzene rings is 3. The van der Waals surface area contributed by atoms with Gasteiger partial charge in [-0.3, -0.25) is 5.32 Å². The quantitative estimate of drug-likeness (QED) is 0.183. The lowest BCUT2D eigenvalue weighted by Crippen LogP contribution is -2.47. The molecule has 0 aromatic heterocycles. The molecule has 2 atom stereocenters. The largest absolute Gasteiger partial charge is 0.465 e. The molecule has 11 heteroatoms. The van der Waals surface area contributed by atoms with Crippen LogP contribution >= 0.6 is 11.6 Å². The fourth-order valence-electron chi connectivity index (χ4n) is 5.27. The lowest BCUT2D eigenvalue weighted by atomic mass is 9.87. The van der Waals surface area contributed by atoms with E-state index in [0.717, 1.165) is 11.1 Å². The molecular formula is C36H43ClN2O8. The van der Waals surface area contributed by atoms with Crippen molar-refractivity contribution in [3.63, 3.8) is 0 Å². The number of rotatable bonds is 8. The Balaban J connectivity index is 1.55. The Hall–Kier alpha value is -4.28. The second-order valence-electron chi connectivity index (χ2n) is 13.5. The molecule has 2 N–H and O–H groups in total. The molecule has 47 heavy (non-hydrogen) atoms. The summed E-state index contributed by atoms with van der Waals surface area (Å²) in [6.45, 7) is 10.7. The maximum absolute atomic E-state index is 13.5. The SMILES string of the molecule is COC(=O)c1cc(Oc2ccc3c(c2)C[C@@H](N(C[C@@H](O)c2cccc(Cl)c2)C(=O)OC(C)(C)C)CC3)ccc1NC(=O)OC(C)(C)C. The van der Waals surface area contributed by atoms with Gasteiger partial charge in [-0.05, 0) is 120 Å². The molecule has 4 rings (SSSR count). The Morgan fingerprint density at radius 2 is 1.62 bits per heavy atom. The highest BCUT2D eigenvalue weighted by molar-refractivity contribution is 6.30. The minimum absolute atomic E-state index is 0.0332. The van der Waals surface area contributed by atoms with Gasteiger partial charge in [-0.1, -0.05) is 29.8 Å². The number of carbonyl (C=O) groups excluding carboxylic acids is 3. The Morgan fingerprint density at radius 1 is 0.936 bits per heavy atom. The standard InChI is InChI=1S/C36H43ClN2O8/c1-35(2,3)46-33(42)38-30-16-15-28(20-29(30)32(41)44-7)45-27-14-12-22-11-13-26(18-24(22)19-27)39(34(43)47-36(4,5)6)21-31(40)23-9-8-10-25(37)17-23/h8-10,12,14-17,19-20,26,31,40H,11,13,18,21H2,1-7H3,(H,38,42)/t26-,31+/m0/s1. The van der Waals surface area contributed by atoms with Crippen molar-refractivity contribution < 1.29 is 38.4 Å². The third kappa shape index (κ3) is 10.1. The summed E-state index contributed by atoms with van der Waals surface area (Å²) in [4.78, 5) is 40.0. The average Bonchev–Trinajstić information content (AvgIpc) is 2.98. The molecular weight excluding hydrogens is 624 g/mol. The number of carbonyl (C=O) groups is 3. The van der Waals surface area contributed by atoms with Crippen LogP contribution in [0.15, 0.2) is 60.7 Å². The predicted molar refractivity (Wildman–Crippen MR) is 179 cm³/mol. The third-order valence-corrected chi connectivity index (χ3v) is 7.55. The first kappa shape index (κ1) is 35.6. The number of anilines is 1. The smallest absolute Gasteiger partial charge is 0.412 e. The summed E-state index contributed by atoms with van der Waals surface area (Å²) in [6, 6.07) is 17.1. The van der Waals surface area contributed by atoms with Crippen LogP contribution in [0, 0.1) is 0 Å². The fraction of sp³-hybridized carbons (Fsp3) is 0.417. The molecule has 0 aliphatic heterocycles. The van der Waals surface area contributed by atoms with Crippen LogP contribution < -0.4 is 10.1 Å². The molecule has 0 spiro atoms. The molecule has 3 aromatic carbocycles. The number of halogens is 1. The van der Waals surface area contributed by atoms with Crippen molar-refractivity contribution in [1.82, 2.24) is 4.90 Å². The molecule has 252 valence electrons. The van der Waals surface area contributed by atoms with E-state index in [1.807, 2.05) is 39.0 Å². The van der Waals surface area contributed by atoms with Crippen LogP contribution in [-0.4, -0.2) is 59.1 Å². The summed E-state index contributed by atoms with van der Waals surface area (Å²) >= 11 is 6.16. The lowest BCUT2D eigenvalue weighted by molar-refractivity contribution is 0.00193. The lowest BCUT2D eigenvalue weighted by Gasteiger charge is -2.37. The van der Waals surface area contributed by atoms with Crippen LogP contribution in [0.5, 0.6) is 11.5 Å². The van der Waals surface area contributed by atoms with Crippen LogP contribution in [0.4, 0.5) is 15.3 Å². The van der Waals surface area contributed by atoms with E-state index >= 15 is 0 Å². The first-order chi connectivity index (χ1) is 22.0. The second kappa shape index (κ2) is 14.6. The van der Waals surface area contributed by atoms with Gasteiger partial charge in [0.05, 0.1) is 31.0 Å². The van der Waals surface area contributed by atoms with Crippen molar-refractivity contribution >= 4 is 35.4 Å². The summed E-state index contributed by atoms with van der Waals surface area (Å²) in [7, 11) is 1.25. The number of hydrogen-bond acceptors (Lipinski definition) is 8. The zero-order valence-electron chi connectivity index (χ0n) is 27.9. The van der Waals surface area contributed by atoms with Gasteiger partial charge in [0.15, 0.2) is 0 Å². The fourth-order valence-corrected chi connectivity index (χ4v) is 5.47. The number of fused-ring (bicyclic) bond motifs is 1. The Labute approximate surface area is 280 Å². The number of ether oxygens (including phenoxy) is 4. The zero-order chi connectivity index (χ0) is 34.5. The number of nitrogens with zero attached hydrogens (tertiary/aromatic N) is 1. The van der Waals surface area contributed by atoms with Gasteiger partial charge >= 0.3 is 18.2 Å². The second-order valence-corrected chi connectivity index (χ2v) is 13.9. The number of aliphatic hydroxyl groups excluding tert-OH is 1. The van der Waals surface area contributed by atoms with Gasteiger partial charge in [0.2, 0.25) is 0 Å². The highest BCUT2D eigenvalue weighted by Gasteiger charge is 2.33. The normalized spacial score (nSPS) is 15.1. The maximum Gasteiger partial charge on any atom is 0.412 e. The van der Waals surface area contributed by atoms with Gasteiger partial charge < -0.3 is 29.0 Å². The molecule has 2 amide bonds. The molecule has 1 aliphatic rings. The summed E-state index contributed by atoms with van der Waals surface area (Å²) in [6.07, 6.45) is -0.265. The number of esters is 1. The van der Waals surface area contributed by atoms with Gasteiger partial charge in [0.1, 0.15) is 22.7 Å². The maximum atomic E-state index is 13.5. The highest BCUT2D eigenvalue weighted by atomic mass is 35.5. The summed E-state index contributed by atoms with van der Waals surface area (Å²) in [5.74, 6) is 0.223. The van der Waals surface area contributed by atoms with Crippen molar-refractivity contribution in [2.24, 2.45) is 0 Å². The van der Waals surface area contributed by atoms with E-state index in [4.69, 9.17) is 30.5 Å². The minimum Gasteiger partial charge on any atom is -0.465 e. The topological polar surface area (TPSA) is 124 Å². The first-order valence-electron chi connectivity index (χ1n) is 15.5. The third-order valence-electron chi connectivity index (χ3n) is 7.32. The van der Waals surface area contributed by atoms with E-state index in [2.05, 4.69) is 5.32 Å². The Morgan fingerprint density at radius 3 is 2.28 bits per heavy atom. The van der Waals surface area contributed by atoms with Gasteiger partial charge in [0, 0.05) is 11.1 Å². The van der Waals surface area contributed by atoms with E-state index in [-0.39, 0.29) is 23.8 Å². The summed E-state index contributed by atoms with van der Waals surface area (Å²) in [5.41, 5.74) is 1.60. The highest BCUT2D eigenvalue weighted by Crippen LogP contribution is 2.33. The molecule has 0 saturated heterocycles. The van der Waals surface area contributed by atoms with Crippen LogP contribution in [0.25, 0.3) is 0 Å². The van der Waals surface area contributed by atoms with Crippen molar-refractivity contribution in [1.29, 1.82) is 0 Å². The van der Waals surface area contributed by atoms with Gasteiger partial charge in [-0.25, -0.2) is 14.4 Å². The number of nitrogens with one attached hydrogen (secondary N) is 1. The zero-order valence-corrected chi connectivity index (χ0v) is 28.6. The van der Waals surface area contributed by atoms with Crippen molar-refractivity contribution in [3.8, 4) is 11.5 Å². The van der Waals surface area contributed by atoms with E-state index in [9.17, 15) is 19.5 Å². The molecule has 10 nitrogen and oxygen atoms in total. The van der Waals surface area contributed by atoms with Crippen LogP contribution in [0.3, 0.4) is 0 Å². The van der Waals surface area contributed by atoms with Crippen molar-refractivity contribution in [2.45, 2.75) is 84.2 Å². The number of aliphatic hydroxyl groups is 1. The summed E-state index contributed by atoms with van der Waals surface area (Å²) < 4.78 is 22.2. The molecule has 0 bridgehead atoms. The Bertz CT molecular complexity index is 1610. The molecule has 0 unspecified atom stereocenters. The predicted octanol–water partition coefficient (Wildman–Crippen LogP) is 8.09. The van der Waals surface area contributed by atoms with Crippen molar-refractivity contribution in [3.05, 3.63) is 87.9 Å². The van der Waals surface area contributed by atoms with E-state index < -0.39 is 35.5 Å². The van der Waals surface area contributed by atoms with Gasteiger partial charge in [-0.15, -0.1) is 0 Å². The van der Waals surface area contributed by atoms with E-state index in [0.29, 0.717) is 41.3 Å². The van der Waals surface area contributed by atoms with Gasteiger partial charge in [0.25, 0.3) is 0 Å². The molecule has 0 fully saturated rings. The van der Waals surface area contributed by atoms with E-state index in [1.165, 1.54) is 13.2 Å². The first-order valence-corrected chi connectivity index (χ1v) is 15.8. The molecule has 0 heterocycles. The van der Waals surface area contributed by atoms with Crippen molar-refractivity contribution in [2.75, 3.05) is 19.0 Å². The number of aryl methyl sites for hydroxylation is 1. The number of methoxy groups -OCH3 is 1. The van der Waals surface area contributed by atoms with Crippen LogP contribution in [-0.2, 0) is 27.1 Å². The van der Waals surface area contributed by atoms with Crippen LogP contribution in [0.1, 0.15) is 81.1 Å². The number of hydrogen-bond donors (Lipinski definition) is 2. The molecule has 0 saturated carbocycles. The Kier molecular flexibility index (Phi) is 11.1. The van der Waals surface area contributed by atoms with Crippen LogP contribution in [0.2, 0.25) is 5.02 Å². The molecule has 1 aliphatic carbocycles. The number of amides is 2. The average molecular weight is 667 g/mol. The molecule has 0 radical (unpaired) electrons. The minimum atomic E-state index is -0.964. The van der Waals surface area contributed by atoms with Gasteiger partial charge in [-0.2, -0.15) is 0 Å². The monoisotopic (exact) mass is 666 g/mol. The van der Waals surface area contributed by atoms with E-state index in [1.54, 1.807) is 62.1 Å².